The lowest BCUT2D eigenvalue weighted by Gasteiger charge is -2.29. The first-order valence-electron chi connectivity index (χ1n) is 7.47. The van der Waals surface area contributed by atoms with E-state index in [4.69, 9.17) is 25.8 Å². The van der Waals surface area contributed by atoms with E-state index in [9.17, 15) is 4.79 Å². The molecule has 0 fully saturated rings. The van der Waals surface area contributed by atoms with Gasteiger partial charge in [0.05, 0.1) is 27.0 Å². The average Bonchev–Trinajstić information content (AvgIpc) is 2.59. The van der Waals surface area contributed by atoms with E-state index in [1.54, 1.807) is 27.4 Å². The van der Waals surface area contributed by atoms with Gasteiger partial charge in [0.1, 0.15) is 0 Å². The van der Waals surface area contributed by atoms with Crippen molar-refractivity contribution in [1.82, 2.24) is 0 Å². The first kappa shape index (κ1) is 16.5. The summed E-state index contributed by atoms with van der Waals surface area (Å²) in [6.07, 6.45) is 0.320. The maximum absolute atomic E-state index is 12.2. The standard InChI is InChI=1S/C18H18ClNO4/c1-22-14-9-13-16(18(24-3)17(14)23-2)12(8-15(21)20-13)10-4-6-11(19)7-5-10/h4-7,9,12H,8H2,1-3H3,(H,20,21)/t12-/m0/s1. The highest BCUT2D eigenvalue weighted by Crippen LogP contribution is 2.51. The first-order valence-corrected chi connectivity index (χ1v) is 7.85. The zero-order valence-electron chi connectivity index (χ0n) is 13.7. The minimum atomic E-state index is -0.152. The topological polar surface area (TPSA) is 56.8 Å². The highest BCUT2D eigenvalue weighted by molar-refractivity contribution is 6.30. The van der Waals surface area contributed by atoms with E-state index in [2.05, 4.69) is 5.32 Å². The van der Waals surface area contributed by atoms with Crippen molar-refractivity contribution < 1.29 is 19.0 Å². The molecule has 0 unspecified atom stereocenters. The van der Waals surface area contributed by atoms with Crippen LogP contribution in [0.15, 0.2) is 30.3 Å². The minimum absolute atomic E-state index is 0.0586. The average molecular weight is 348 g/mol. The van der Waals surface area contributed by atoms with Crippen LogP contribution in [-0.4, -0.2) is 27.2 Å². The lowest BCUT2D eigenvalue weighted by Crippen LogP contribution is -2.24. The Kier molecular flexibility index (Phi) is 4.53. The normalized spacial score (nSPS) is 16.2. The van der Waals surface area contributed by atoms with Crippen LogP contribution < -0.4 is 19.5 Å². The van der Waals surface area contributed by atoms with E-state index < -0.39 is 0 Å². The predicted molar refractivity (Wildman–Crippen MR) is 92.6 cm³/mol. The molecule has 2 aromatic carbocycles. The van der Waals surface area contributed by atoms with Gasteiger partial charge in [-0.2, -0.15) is 0 Å². The number of anilines is 1. The molecular formula is C18H18ClNO4. The number of hydrogen-bond acceptors (Lipinski definition) is 4. The quantitative estimate of drug-likeness (QED) is 0.913. The molecule has 1 aliphatic rings. The van der Waals surface area contributed by atoms with Crippen LogP contribution >= 0.6 is 11.6 Å². The van der Waals surface area contributed by atoms with Gasteiger partial charge in [0.2, 0.25) is 11.7 Å². The Bertz CT molecular complexity index is 774. The van der Waals surface area contributed by atoms with Crippen LogP contribution in [0.4, 0.5) is 5.69 Å². The third kappa shape index (κ3) is 2.76. The van der Waals surface area contributed by atoms with Gasteiger partial charge in [-0.25, -0.2) is 0 Å². The van der Waals surface area contributed by atoms with Crippen LogP contribution in [0.3, 0.4) is 0 Å². The number of rotatable bonds is 4. The number of benzene rings is 2. The molecule has 2 aromatic rings. The smallest absolute Gasteiger partial charge is 0.225 e. The summed E-state index contributed by atoms with van der Waals surface area (Å²) < 4.78 is 16.4. The van der Waals surface area contributed by atoms with Crippen molar-refractivity contribution in [2.75, 3.05) is 26.6 Å². The lowest BCUT2D eigenvalue weighted by molar-refractivity contribution is -0.116. The molecule has 0 bridgehead atoms. The van der Waals surface area contributed by atoms with E-state index in [1.165, 1.54) is 0 Å². The Morgan fingerprint density at radius 3 is 2.29 bits per heavy atom. The molecule has 1 N–H and O–H groups in total. The number of nitrogens with one attached hydrogen (secondary N) is 1. The predicted octanol–water partition coefficient (Wildman–Crippen LogP) is 3.84. The SMILES string of the molecule is COc1cc2c(c(OC)c1OC)[C@H](c1ccc(Cl)cc1)CC(=O)N2. The van der Waals surface area contributed by atoms with Crippen molar-refractivity contribution in [3.05, 3.63) is 46.5 Å². The number of methoxy groups -OCH3 is 3. The highest BCUT2D eigenvalue weighted by atomic mass is 35.5. The van der Waals surface area contributed by atoms with Crippen molar-refractivity contribution in [2.24, 2.45) is 0 Å². The zero-order chi connectivity index (χ0) is 17.3. The van der Waals surface area contributed by atoms with E-state index in [-0.39, 0.29) is 11.8 Å². The third-order valence-corrected chi connectivity index (χ3v) is 4.40. The van der Waals surface area contributed by atoms with Gasteiger partial charge >= 0.3 is 0 Å². The Morgan fingerprint density at radius 1 is 1.04 bits per heavy atom. The van der Waals surface area contributed by atoms with Gasteiger partial charge < -0.3 is 19.5 Å². The van der Waals surface area contributed by atoms with Gasteiger partial charge in [0, 0.05) is 29.0 Å². The van der Waals surface area contributed by atoms with Gasteiger partial charge in [-0.15, -0.1) is 0 Å². The molecule has 24 heavy (non-hydrogen) atoms. The van der Waals surface area contributed by atoms with Gasteiger partial charge in [-0.3, -0.25) is 4.79 Å². The Morgan fingerprint density at radius 2 is 1.71 bits per heavy atom. The number of fused-ring (bicyclic) bond motifs is 1. The molecule has 0 aliphatic carbocycles. The van der Waals surface area contributed by atoms with Crippen molar-refractivity contribution in [3.63, 3.8) is 0 Å². The maximum Gasteiger partial charge on any atom is 0.225 e. The molecule has 1 atom stereocenters. The summed E-state index contributed by atoms with van der Waals surface area (Å²) >= 11 is 5.98. The summed E-state index contributed by atoms with van der Waals surface area (Å²) in [5.74, 6) is 1.36. The lowest BCUT2D eigenvalue weighted by atomic mass is 9.84. The molecule has 1 aliphatic heterocycles. The molecule has 5 nitrogen and oxygen atoms in total. The molecule has 1 amide bonds. The van der Waals surface area contributed by atoms with Crippen LogP contribution in [0.1, 0.15) is 23.5 Å². The number of halogens is 1. The monoisotopic (exact) mass is 347 g/mol. The van der Waals surface area contributed by atoms with Gasteiger partial charge in [0.25, 0.3) is 0 Å². The second-order valence-electron chi connectivity index (χ2n) is 5.46. The number of amides is 1. The molecule has 3 rings (SSSR count). The molecule has 0 radical (unpaired) electrons. The van der Waals surface area contributed by atoms with Crippen LogP contribution in [0, 0.1) is 0 Å². The van der Waals surface area contributed by atoms with E-state index in [1.807, 2.05) is 24.3 Å². The van der Waals surface area contributed by atoms with E-state index in [0.29, 0.717) is 34.4 Å². The van der Waals surface area contributed by atoms with Crippen LogP contribution in [0.25, 0.3) is 0 Å². The fraction of sp³-hybridized carbons (Fsp3) is 0.278. The molecular weight excluding hydrogens is 330 g/mol. The number of carbonyl (C=O) groups is 1. The zero-order valence-corrected chi connectivity index (χ0v) is 14.4. The summed E-state index contributed by atoms with van der Waals surface area (Å²) in [4.78, 5) is 12.2. The number of hydrogen-bond donors (Lipinski definition) is 1. The van der Waals surface area contributed by atoms with Gasteiger partial charge in [-0.05, 0) is 17.7 Å². The molecule has 1 heterocycles. The van der Waals surface area contributed by atoms with Crippen molar-refractivity contribution in [3.8, 4) is 17.2 Å². The second kappa shape index (κ2) is 6.61. The minimum Gasteiger partial charge on any atom is -0.493 e. The summed E-state index contributed by atoms with van der Waals surface area (Å²) in [5, 5.41) is 3.54. The molecule has 126 valence electrons. The Labute approximate surface area is 145 Å². The summed E-state index contributed by atoms with van der Waals surface area (Å²) in [5.41, 5.74) is 2.53. The molecule has 0 spiro atoms. The molecule has 0 saturated carbocycles. The maximum atomic E-state index is 12.2. The van der Waals surface area contributed by atoms with Crippen LogP contribution in [0.5, 0.6) is 17.2 Å². The molecule has 0 saturated heterocycles. The summed E-state index contributed by atoms with van der Waals surface area (Å²) in [6.45, 7) is 0. The summed E-state index contributed by atoms with van der Waals surface area (Å²) in [7, 11) is 4.68. The Balaban J connectivity index is 2.23. The highest BCUT2D eigenvalue weighted by Gasteiger charge is 2.33. The number of carbonyl (C=O) groups excluding carboxylic acids is 1. The largest absolute Gasteiger partial charge is 0.493 e. The fourth-order valence-electron chi connectivity index (χ4n) is 3.10. The van der Waals surface area contributed by atoms with E-state index in [0.717, 1.165) is 11.1 Å². The van der Waals surface area contributed by atoms with Crippen molar-refractivity contribution >= 4 is 23.2 Å². The number of ether oxygens (including phenoxy) is 3. The first-order chi connectivity index (χ1) is 11.6. The second-order valence-corrected chi connectivity index (χ2v) is 5.90. The van der Waals surface area contributed by atoms with Crippen LogP contribution in [-0.2, 0) is 4.79 Å². The molecule has 6 heteroatoms. The van der Waals surface area contributed by atoms with Gasteiger partial charge in [0.15, 0.2) is 11.5 Å². The third-order valence-electron chi connectivity index (χ3n) is 4.15. The van der Waals surface area contributed by atoms with Crippen molar-refractivity contribution in [2.45, 2.75) is 12.3 Å². The van der Waals surface area contributed by atoms with E-state index >= 15 is 0 Å². The van der Waals surface area contributed by atoms with Gasteiger partial charge in [-0.1, -0.05) is 23.7 Å². The van der Waals surface area contributed by atoms with Crippen LogP contribution in [0.2, 0.25) is 5.02 Å². The fourth-order valence-corrected chi connectivity index (χ4v) is 3.22. The molecule has 0 aromatic heterocycles. The summed E-state index contributed by atoms with van der Waals surface area (Å²) in [6, 6.07) is 9.24. The van der Waals surface area contributed by atoms with Crippen molar-refractivity contribution in [1.29, 1.82) is 0 Å². The Hall–Kier alpha value is -2.40.